The molecule has 24 heavy (non-hydrogen) atoms. The summed E-state index contributed by atoms with van der Waals surface area (Å²) < 4.78 is 0. The van der Waals surface area contributed by atoms with Gasteiger partial charge in [0, 0.05) is 23.7 Å². The lowest BCUT2D eigenvalue weighted by Crippen LogP contribution is -2.09. The Balaban J connectivity index is 1.67. The molecule has 0 atom stereocenters. The maximum Gasteiger partial charge on any atom is 0.180 e. The molecule has 0 bridgehead atoms. The van der Waals surface area contributed by atoms with Crippen LogP contribution in [-0.4, -0.2) is 19.9 Å². The van der Waals surface area contributed by atoms with E-state index in [4.69, 9.17) is 9.97 Å². The van der Waals surface area contributed by atoms with E-state index in [1.165, 1.54) is 11.1 Å². The lowest BCUT2D eigenvalue weighted by atomic mass is 10.2. The van der Waals surface area contributed by atoms with E-state index in [9.17, 15) is 0 Å². The number of anilines is 1. The summed E-state index contributed by atoms with van der Waals surface area (Å²) in [5, 5.41) is 3.47. The van der Waals surface area contributed by atoms with Gasteiger partial charge in [0.1, 0.15) is 11.5 Å². The van der Waals surface area contributed by atoms with Crippen molar-refractivity contribution >= 4 is 5.82 Å². The van der Waals surface area contributed by atoms with Crippen LogP contribution in [0.2, 0.25) is 0 Å². The van der Waals surface area contributed by atoms with E-state index in [0.717, 1.165) is 42.2 Å². The van der Waals surface area contributed by atoms with Gasteiger partial charge in [0.2, 0.25) is 0 Å². The van der Waals surface area contributed by atoms with Crippen molar-refractivity contribution in [2.24, 2.45) is 0 Å². The average molecular weight is 317 g/mol. The molecule has 3 heterocycles. The van der Waals surface area contributed by atoms with Gasteiger partial charge >= 0.3 is 0 Å². The monoisotopic (exact) mass is 317 g/mol. The fourth-order valence-corrected chi connectivity index (χ4v) is 3.06. The molecule has 5 nitrogen and oxygen atoms in total. The first-order valence-electron chi connectivity index (χ1n) is 8.27. The molecule has 1 aliphatic carbocycles. The van der Waals surface area contributed by atoms with Gasteiger partial charge in [0.25, 0.3) is 0 Å². The van der Waals surface area contributed by atoms with E-state index in [1.54, 1.807) is 6.20 Å². The molecule has 0 saturated carbocycles. The quantitative estimate of drug-likeness (QED) is 0.799. The predicted octanol–water partition coefficient (Wildman–Crippen LogP) is 3.34. The predicted molar refractivity (Wildman–Crippen MR) is 93.6 cm³/mol. The van der Waals surface area contributed by atoms with E-state index in [-0.39, 0.29) is 0 Å². The number of aryl methyl sites for hydroxylation is 2. The number of hydrogen-bond donors (Lipinski definition) is 1. The summed E-state index contributed by atoms with van der Waals surface area (Å²) >= 11 is 0. The average Bonchev–Trinajstić information content (AvgIpc) is 3.10. The Morgan fingerprint density at radius 3 is 2.75 bits per heavy atom. The molecule has 0 aliphatic heterocycles. The van der Waals surface area contributed by atoms with E-state index in [0.29, 0.717) is 12.4 Å². The van der Waals surface area contributed by atoms with Gasteiger partial charge < -0.3 is 5.32 Å². The molecule has 0 saturated heterocycles. The fraction of sp³-hybridized carbons (Fsp3) is 0.263. The third-order valence-corrected chi connectivity index (χ3v) is 4.37. The first kappa shape index (κ1) is 14.8. The third kappa shape index (κ3) is 2.85. The zero-order chi connectivity index (χ0) is 16.4. The first-order chi connectivity index (χ1) is 11.8. The molecule has 0 spiro atoms. The van der Waals surface area contributed by atoms with E-state index >= 15 is 0 Å². The third-order valence-electron chi connectivity index (χ3n) is 4.37. The SMILES string of the molecule is Cc1cccnc1CNc1nc(-c2ccccn2)nc2c1CCC2. The van der Waals surface area contributed by atoms with Crippen molar-refractivity contribution in [3.8, 4) is 11.5 Å². The van der Waals surface area contributed by atoms with Gasteiger partial charge in [-0.3, -0.25) is 9.97 Å². The summed E-state index contributed by atoms with van der Waals surface area (Å²) in [4.78, 5) is 18.3. The number of nitrogens with one attached hydrogen (secondary N) is 1. The second-order valence-corrected chi connectivity index (χ2v) is 6.01. The van der Waals surface area contributed by atoms with Crippen molar-refractivity contribution in [2.45, 2.75) is 32.7 Å². The minimum Gasteiger partial charge on any atom is -0.364 e. The van der Waals surface area contributed by atoms with Crippen LogP contribution >= 0.6 is 0 Å². The zero-order valence-electron chi connectivity index (χ0n) is 13.7. The Morgan fingerprint density at radius 1 is 1.00 bits per heavy atom. The molecule has 3 aromatic heterocycles. The van der Waals surface area contributed by atoms with Crippen LogP contribution < -0.4 is 5.32 Å². The van der Waals surface area contributed by atoms with Gasteiger partial charge in [-0.1, -0.05) is 12.1 Å². The number of aromatic nitrogens is 4. The molecule has 0 radical (unpaired) electrons. The molecule has 1 aliphatic rings. The van der Waals surface area contributed by atoms with Crippen molar-refractivity contribution in [3.05, 3.63) is 65.2 Å². The highest BCUT2D eigenvalue weighted by molar-refractivity contribution is 5.57. The van der Waals surface area contributed by atoms with Crippen LogP contribution in [-0.2, 0) is 19.4 Å². The van der Waals surface area contributed by atoms with Gasteiger partial charge in [-0.2, -0.15) is 0 Å². The maximum atomic E-state index is 4.75. The van der Waals surface area contributed by atoms with Crippen LogP contribution in [0.15, 0.2) is 42.7 Å². The van der Waals surface area contributed by atoms with Crippen molar-refractivity contribution in [2.75, 3.05) is 5.32 Å². The van der Waals surface area contributed by atoms with Gasteiger partial charge in [0.15, 0.2) is 5.82 Å². The van der Waals surface area contributed by atoms with E-state index < -0.39 is 0 Å². The van der Waals surface area contributed by atoms with E-state index in [2.05, 4.69) is 28.3 Å². The van der Waals surface area contributed by atoms with Crippen LogP contribution in [0.3, 0.4) is 0 Å². The summed E-state index contributed by atoms with van der Waals surface area (Å²) in [6, 6.07) is 9.85. The van der Waals surface area contributed by atoms with Gasteiger partial charge in [-0.05, 0) is 49.9 Å². The van der Waals surface area contributed by atoms with Crippen LogP contribution in [0.25, 0.3) is 11.5 Å². The highest BCUT2D eigenvalue weighted by Gasteiger charge is 2.20. The number of hydrogen-bond acceptors (Lipinski definition) is 5. The Morgan fingerprint density at radius 2 is 1.92 bits per heavy atom. The van der Waals surface area contributed by atoms with Crippen LogP contribution in [0.5, 0.6) is 0 Å². The van der Waals surface area contributed by atoms with Gasteiger partial charge in [0.05, 0.1) is 12.2 Å². The molecule has 0 aromatic carbocycles. The number of nitrogens with zero attached hydrogens (tertiary/aromatic N) is 4. The number of rotatable bonds is 4. The Kier molecular flexibility index (Phi) is 3.91. The topological polar surface area (TPSA) is 63.6 Å². The Hall–Kier alpha value is -2.82. The largest absolute Gasteiger partial charge is 0.364 e. The Bertz CT molecular complexity index is 861. The standard InChI is InChI=1S/C19H19N5/c1-13-6-5-11-21-17(13)12-22-18-14-7-4-9-15(14)23-19(24-18)16-8-2-3-10-20-16/h2-3,5-6,8,10-11H,4,7,9,12H2,1H3,(H,22,23,24). The molecule has 4 rings (SSSR count). The first-order valence-corrected chi connectivity index (χ1v) is 8.27. The molecule has 1 N–H and O–H groups in total. The van der Waals surface area contributed by atoms with Gasteiger partial charge in [-0.25, -0.2) is 9.97 Å². The normalized spacial score (nSPS) is 12.9. The summed E-state index contributed by atoms with van der Waals surface area (Å²) in [7, 11) is 0. The summed E-state index contributed by atoms with van der Waals surface area (Å²) in [5.41, 5.74) is 5.42. The highest BCUT2D eigenvalue weighted by Crippen LogP contribution is 2.29. The molecular formula is C19H19N5. The zero-order valence-corrected chi connectivity index (χ0v) is 13.7. The highest BCUT2D eigenvalue weighted by atomic mass is 15.1. The molecule has 3 aromatic rings. The second-order valence-electron chi connectivity index (χ2n) is 6.01. The van der Waals surface area contributed by atoms with Crippen molar-refractivity contribution in [3.63, 3.8) is 0 Å². The molecule has 120 valence electrons. The lowest BCUT2D eigenvalue weighted by molar-refractivity contribution is 0.899. The second kappa shape index (κ2) is 6.35. The summed E-state index contributed by atoms with van der Waals surface area (Å²) in [5.74, 6) is 1.61. The van der Waals surface area contributed by atoms with Crippen molar-refractivity contribution < 1.29 is 0 Å². The number of fused-ring (bicyclic) bond motifs is 1. The smallest absolute Gasteiger partial charge is 0.180 e. The summed E-state index contributed by atoms with van der Waals surface area (Å²) in [6.07, 6.45) is 6.77. The minimum atomic E-state index is 0.664. The molecule has 5 heteroatoms. The maximum absolute atomic E-state index is 4.75. The van der Waals surface area contributed by atoms with Gasteiger partial charge in [-0.15, -0.1) is 0 Å². The van der Waals surface area contributed by atoms with E-state index in [1.807, 2.05) is 30.5 Å². The number of pyridine rings is 2. The minimum absolute atomic E-state index is 0.664. The van der Waals surface area contributed by atoms with Crippen molar-refractivity contribution in [1.82, 2.24) is 19.9 Å². The Labute approximate surface area is 141 Å². The molecule has 0 amide bonds. The lowest BCUT2D eigenvalue weighted by Gasteiger charge is -2.12. The van der Waals surface area contributed by atoms with Crippen LogP contribution in [0, 0.1) is 6.92 Å². The summed E-state index contributed by atoms with van der Waals surface area (Å²) in [6.45, 7) is 2.74. The molecular weight excluding hydrogens is 298 g/mol. The van der Waals surface area contributed by atoms with Crippen molar-refractivity contribution in [1.29, 1.82) is 0 Å². The molecule has 0 fully saturated rings. The fourth-order valence-electron chi connectivity index (χ4n) is 3.06. The van der Waals surface area contributed by atoms with Crippen LogP contribution in [0.1, 0.15) is 28.9 Å². The molecule has 0 unspecified atom stereocenters. The van der Waals surface area contributed by atoms with Crippen LogP contribution in [0.4, 0.5) is 5.82 Å².